The van der Waals surface area contributed by atoms with E-state index >= 15 is 0 Å². The monoisotopic (exact) mass is 249 g/mol. The molecule has 0 aliphatic carbocycles. The molecule has 0 spiro atoms. The largest absolute Gasteiger partial charge is 0.396 e. The Morgan fingerprint density at radius 3 is 2.62 bits per heavy atom. The van der Waals surface area contributed by atoms with Crippen LogP contribution in [0, 0.1) is 11.6 Å². The Kier molecular flexibility index (Phi) is 2.98. The molecule has 0 radical (unpaired) electrons. The van der Waals surface area contributed by atoms with E-state index in [4.69, 9.17) is 5.73 Å². The average Bonchev–Trinajstić information content (AvgIpc) is 2.12. The Bertz CT molecular complexity index is 354. The summed E-state index contributed by atoms with van der Waals surface area (Å²) in [5.41, 5.74) is 4.36. The SMILES string of the molecule is Nc1ccc(F)c(C(=O)CBr)c1F. The topological polar surface area (TPSA) is 43.1 Å². The molecule has 0 saturated carbocycles. The number of benzene rings is 1. The number of alkyl halides is 1. The van der Waals surface area contributed by atoms with Crippen molar-refractivity contribution in [2.24, 2.45) is 0 Å². The van der Waals surface area contributed by atoms with Gasteiger partial charge in [0.05, 0.1) is 16.6 Å². The molecule has 0 fully saturated rings. The smallest absolute Gasteiger partial charge is 0.179 e. The molecule has 0 aromatic heterocycles. The third-order valence-corrected chi connectivity index (χ3v) is 2.03. The quantitative estimate of drug-likeness (QED) is 0.496. The summed E-state index contributed by atoms with van der Waals surface area (Å²) in [7, 11) is 0. The van der Waals surface area contributed by atoms with Crippen LogP contribution < -0.4 is 5.73 Å². The zero-order valence-corrected chi connectivity index (χ0v) is 8.07. The third kappa shape index (κ3) is 1.85. The molecule has 1 aromatic rings. The molecule has 2 nitrogen and oxygen atoms in total. The zero-order valence-electron chi connectivity index (χ0n) is 6.48. The average molecular weight is 250 g/mol. The highest BCUT2D eigenvalue weighted by Gasteiger charge is 2.17. The maximum absolute atomic E-state index is 13.1. The van der Waals surface area contributed by atoms with Crippen LogP contribution in [0.2, 0.25) is 0 Å². The van der Waals surface area contributed by atoms with Crippen LogP contribution in [0.1, 0.15) is 10.4 Å². The first-order valence-corrected chi connectivity index (χ1v) is 4.52. The molecule has 0 amide bonds. The van der Waals surface area contributed by atoms with E-state index in [1.807, 2.05) is 0 Å². The Morgan fingerprint density at radius 1 is 1.46 bits per heavy atom. The van der Waals surface area contributed by atoms with Gasteiger partial charge >= 0.3 is 0 Å². The highest BCUT2D eigenvalue weighted by molar-refractivity contribution is 9.09. The first kappa shape index (κ1) is 10.1. The van der Waals surface area contributed by atoms with Gasteiger partial charge in [0.25, 0.3) is 0 Å². The van der Waals surface area contributed by atoms with Crippen LogP contribution in [0.15, 0.2) is 12.1 Å². The van der Waals surface area contributed by atoms with Gasteiger partial charge in [-0.05, 0) is 12.1 Å². The summed E-state index contributed by atoms with van der Waals surface area (Å²) >= 11 is 2.82. The van der Waals surface area contributed by atoms with Gasteiger partial charge in [0.2, 0.25) is 0 Å². The highest BCUT2D eigenvalue weighted by atomic mass is 79.9. The van der Waals surface area contributed by atoms with E-state index < -0.39 is 23.0 Å². The minimum Gasteiger partial charge on any atom is -0.396 e. The van der Waals surface area contributed by atoms with Gasteiger partial charge in [-0.15, -0.1) is 0 Å². The van der Waals surface area contributed by atoms with E-state index in [1.54, 1.807) is 0 Å². The van der Waals surface area contributed by atoms with Gasteiger partial charge in [0.1, 0.15) is 5.82 Å². The molecule has 70 valence electrons. The minimum absolute atomic E-state index is 0.135. The Labute approximate surface area is 81.9 Å². The van der Waals surface area contributed by atoms with Gasteiger partial charge in [0, 0.05) is 0 Å². The van der Waals surface area contributed by atoms with Gasteiger partial charge in [0.15, 0.2) is 11.6 Å². The Balaban J connectivity index is 3.33. The summed E-state index contributed by atoms with van der Waals surface area (Å²) < 4.78 is 26.0. The second-order valence-electron chi connectivity index (χ2n) is 2.38. The molecule has 0 unspecified atom stereocenters. The molecule has 5 heteroatoms. The van der Waals surface area contributed by atoms with Crippen LogP contribution in [0.4, 0.5) is 14.5 Å². The van der Waals surface area contributed by atoms with Crippen LogP contribution in [0.3, 0.4) is 0 Å². The van der Waals surface area contributed by atoms with Crippen molar-refractivity contribution >= 4 is 27.4 Å². The number of hydrogen-bond acceptors (Lipinski definition) is 2. The lowest BCUT2D eigenvalue weighted by molar-refractivity contribution is 0.101. The normalized spacial score (nSPS) is 10.1. The number of carbonyl (C=O) groups is 1. The summed E-state index contributed by atoms with van der Waals surface area (Å²) in [6.45, 7) is 0. The Morgan fingerprint density at radius 2 is 2.08 bits per heavy atom. The number of nitrogen functional groups attached to an aromatic ring is 1. The van der Waals surface area contributed by atoms with Gasteiger partial charge in [-0.2, -0.15) is 0 Å². The number of ketones is 1. The van der Waals surface area contributed by atoms with Crippen LogP contribution in [0.5, 0.6) is 0 Å². The van der Waals surface area contributed by atoms with Crippen molar-refractivity contribution in [2.45, 2.75) is 0 Å². The predicted molar refractivity (Wildman–Crippen MR) is 48.9 cm³/mol. The van der Waals surface area contributed by atoms with Gasteiger partial charge < -0.3 is 5.73 Å². The van der Waals surface area contributed by atoms with E-state index in [-0.39, 0.29) is 11.0 Å². The zero-order chi connectivity index (χ0) is 10.0. The number of nitrogens with two attached hydrogens (primary N) is 1. The van der Waals surface area contributed by atoms with Crippen molar-refractivity contribution in [1.29, 1.82) is 0 Å². The molecule has 0 atom stereocenters. The molecule has 0 saturated heterocycles. The standard InChI is InChI=1S/C8H6BrF2NO/c9-3-6(13)7-4(10)1-2-5(12)8(7)11/h1-2H,3,12H2. The van der Waals surface area contributed by atoms with E-state index in [9.17, 15) is 13.6 Å². The van der Waals surface area contributed by atoms with E-state index in [2.05, 4.69) is 15.9 Å². The molecule has 13 heavy (non-hydrogen) atoms. The van der Waals surface area contributed by atoms with Crippen molar-refractivity contribution in [3.05, 3.63) is 29.3 Å². The van der Waals surface area contributed by atoms with Crippen LogP contribution in [0.25, 0.3) is 0 Å². The van der Waals surface area contributed by atoms with Gasteiger partial charge in [-0.1, -0.05) is 15.9 Å². The van der Waals surface area contributed by atoms with Crippen LogP contribution >= 0.6 is 15.9 Å². The molecular weight excluding hydrogens is 244 g/mol. The molecule has 0 aliphatic heterocycles. The van der Waals surface area contributed by atoms with E-state index in [0.29, 0.717) is 0 Å². The van der Waals surface area contributed by atoms with Crippen molar-refractivity contribution < 1.29 is 13.6 Å². The molecule has 1 aromatic carbocycles. The molecule has 0 heterocycles. The summed E-state index contributed by atoms with van der Waals surface area (Å²) in [5.74, 6) is -2.55. The van der Waals surface area contributed by atoms with Crippen molar-refractivity contribution in [1.82, 2.24) is 0 Å². The lowest BCUT2D eigenvalue weighted by atomic mass is 10.1. The van der Waals surface area contributed by atoms with Gasteiger partial charge in [-0.3, -0.25) is 4.79 Å². The fraction of sp³-hybridized carbons (Fsp3) is 0.125. The fourth-order valence-electron chi connectivity index (χ4n) is 0.891. The minimum atomic E-state index is -0.996. The lowest BCUT2D eigenvalue weighted by Crippen LogP contribution is -2.09. The fourth-order valence-corrected chi connectivity index (χ4v) is 1.17. The molecule has 0 aliphatic rings. The van der Waals surface area contributed by atoms with E-state index in [0.717, 1.165) is 12.1 Å². The third-order valence-electron chi connectivity index (χ3n) is 1.52. The molecular formula is C8H6BrF2NO. The maximum Gasteiger partial charge on any atom is 0.179 e. The van der Waals surface area contributed by atoms with Crippen LogP contribution in [-0.4, -0.2) is 11.1 Å². The van der Waals surface area contributed by atoms with Gasteiger partial charge in [-0.25, -0.2) is 8.78 Å². The van der Waals surface area contributed by atoms with Crippen molar-refractivity contribution in [3.63, 3.8) is 0 Å². The second-order valence-corrected chi connectivity index (χ2v) is 2.94. The summed E-state index contributed by atoms with van der Waals surface area (Å²) in [6.07, 6.45) is 0. The second kappa shape index (κ2) is 3.83. The Hall–Kier alpha value is -0.970. The predicted octanol–water partition coefficient (Wildman–Crippen LogP) is 2.12. The summed E-state index contributed by atoms with van der Waals surface area (Å²) in [5, 5.41) is -0.135. The van der Waals surface area contributed by atoms with Crippen LogP contribution in [-0.2, 0) is 0 Å². The first-order chi connectivity index (χ1) is 6.07. The number of hydrogen-bond donors (Lipinski definition) is 1. The molecule has 0 bridgehead atoms. The molecule has 2 N–H and O–H groups in total. The highest BCUT2D eigenvalue weighted by Crippen LogP contribution is 2.19. The lowest BCUT2D eigenvalue weighted by Gasteiger charge is -2.03. The number of halogens is 3. The molecule has 1 rings (SSSR count). The summed E-state index contributed by atoms with van der Waals surface area (Å²) in [6, 6.07) is 2.05. The number of carbonyl (C=O) groups excluding carboxylic acids is 1. The number of rotatable bonds is 2. The van der Waals surface area contributed by atoms with Crippen molar-refractivity contribution in [3.8, 4) is 0 Å². The first-order valence-electron chi connectivity index (χ1n) is 3.40. The van der Waals surface area contributed by atoms with Crippen molar-refractivity contribution in [2.75, 3.05) is 11.1 Å². The number of anilines is 1. The number of Topliss-reactive ketones (excluding diaryl/α,β-unsaturated/α-hetero) is 1. The summed E-state index contributed by atoms with van der Waals surface area (Å²) in [4.78, 5) is 11.0. The van der Waals surface area contributed by atoms with E-state index in [1.165, 1.54) is 0 Å². The maximum atomic E-state index is 13.1.